The molecule has 0 aliphatic carbocycles. The molecule has 0 radical (unpaired) electrons. The second-order valence-electron chi connectivity index (χ2n) is 4.59. The summed E-state index contributed by atoms with van der Waals surface area (Å²) in [6.07, 6.45) is 0. The molecule has 0 aliphatic rings. The molecule has 0 unspecified atom stereocenters. The minimum atomic E-state index is -0.810. The van der Waals surface area contributed by atoms with Crippen LogP contribution in [0.1, 0.15) is 10.4 Å². The zero-order valence-electron chi connectivity index (χ0n) is 11.8. The van der Waals surface area contributed by atoms with E-state index in [4.69, 9.17) is 4.42 Å². The van der Waals surface area contributed by atoms with Crippen LogP contribution in [-0.2, 0) is 4.74 Å². The number of benzene rings is 2. The van der Waals surface area contributed by atoms with E-state index < -0.39 is 16.7 Å². The van der Waals surface area contributed by atoms with Gasteiger partial charge in [0.2, 0.25) is 5.89 Å². The van der Waals surface area contributed by atoms with E-state index in [0.717, 1.165) is 19.2 Å². The number of hydrogen-bond acceptors (Lipinski definition) is 6. The first-order valence-corrected chi connectivity index (χ1v) is 6.43. The van der Waals surface area contributed by atoms with Crippen LogP contribution in [-0.4, -0.2) is 23.0 Å². The largest absolute Gasteiger partial charge is 0.465 e. The number of methoxy groups -OCH3 is 1. The number of aromatic nitrogens is 1. The predicted molar refractivity (Wildman–Crippen MR) is 77.4 cm³/mol. The van der Waals surface area contributed by atoms with Gasteiger partial charge in [-0.15, -0.1) is 0 Å². The van der Waals surface area contributed by atoms with Crippen molar-refractivity contribution in [2.24, 2.45) is 0 Å². The number of nitro benzene ring substituents is 1. The van der Waals surface area contributed by atoms with E-state index in [1.54, 1.807) is 6.07 Å². The van der Waals surface area contributed by atoms with Crippen LogP contribution in [0.25, 0.3) is 22.6 Å². The Hall–Kier alpha value is -3.29. The summed E-state index contributed by atoms with van der Waals surface area (Å²) in [6, 6.07) is 7.96. The fourth-order valence-corrected chi connectivity index (χ4v) is 2.13. The predicted octanol–water partition coefficient (Wildman–Crippen LogP) is 3.33. The van der Waals surface area contributed by atoms with E-state index in [2.05, 4.69) is 9.72 Å². The highest BCUT2D eigenvalue weighted by molar-refractivity contribution is 6.02. The van der Waals surface area contributed by atoms with Gasteiger partial charge in [0.05, 0.1) is 17.6 Å². The van der Waals surface area contributed by atoms with Crippen molar-refractivity contribution in [2.75, 3.05) is 7.11 Å². The van der Waals surface area contributed by atoms with Crippen LogP contribution < -0.4 is 0 Å². The molecular weight excluding hydrogens is 307 g/mol. The average Bonchev–Trinajstić information content (AvgIpc) is 2.97. The van der Waals surface area contributed by atoms with Gasteiger partial charge in [0.1, 0.15) is 16.9 Å². The Bertz CT molecular complexity index is 935. The maximum Gasteiger partial charge on any atom is 0.342 e. The zero-order valence-corrected chi connectivity index (χ0v) is 11.8. The minimum absolute atomic E-state index is 0.000651. The summed E-state index contributed by atoms with van der Waals surface area (Å²) in [5, 5.41) is 11.0. The number of fused-ring (bicyclic) bond motifs is 1. The number of non-ortho nitro benzene ring substituents is 1. The van der Waals surface area contributed by atoms with Crippen LogP contribution in [0.2, 0.25) is 0 Å². The molecule has 0 saturated carbocycles. The lowest BCUT2D eigenvalue weighted by molar-refractivity contribution is -0.384. The zero-order chi connectivity index (χ0) is 16.6. The summed E-state index contributed by atoms with van der Waals surface area (Å²) >= 11 is 0. The van der Waals surface area contributed by atoms with Gasteiger partial charge in [0, 0.05) is 12.1 Å². The van der Waals surface area contributed by atoms with Crippen molar-refractivity contribution < 1.29 is 23.3 Å². The van der Waals surface area contributed by atoms with Gasteiger partial charge in [-0.2, -0.15) is 0 Å². The molecule has 0 saturated heterocycles. The second-order valence-corrected chi connectivity index (χ2v) is 4.59. The van der Waals surface area contributed by atoms with Crippen molar-refractivity contribution in [1.29, 1.82) is 0 Å². The average molecular weight is 316 g/mol. The molecule has 3 rings (SSSR count). The lowest BCUT2D eigenvalue weighted by Gasteiger charge is -1.99. The topological polar surface area (TPSA) is 95.5 Å². The number of carbonyl (C=O) groups is 1. The molecular formula is C15H9FN2O5. The number of esters is 1. The first kappa shape index (κ1) is 14.6. The van der Waals surface area contributed by atoms with Crippen molar-refractivity contribution in [1.82, 2.24) is 4.98 Å². The summed E-state index contributed by atoms with van der Waals surface area (Å²) in [4.78, 5) is 26.2. The number of halogens is 1. The third-order valence-electron chi connectivity index (χ3n) is 3.20. The summed E-state index contributed by atoms with van der Waals surface area (Å²) in [7, 11) is 1.14. The van der Waals surface area contributed by atoms with Crippen LogP contribution in [0.4, 0.5) is 10.1 Å². The molecule has 3 aromatic rings. The Morgan fingerprint density at radius 3 is 2.74 bits per heavy atom. The number of hydrogen-bond donors (Lipinski definition) is 0. The molecule has 0 fully saturated rings. The highest BCUT2D eigenvalue weighted by Crippen LogP contribution is 2.31. The maximum atomic E-state index is 13.8. The van der Waals surface area contributed by atoms with E-state index in [1.807, 2.05) is 0 Å². The van der Waals surface area contributed by atoms with Crippen LogP contribution >= 0.6 is 0 Å². The van der Waals surface area contributed by atoms with Gasteiger partial charge < -0.3 is 9.15 Å². The van der Waals surface area contributed by atoms with Gasteiger partial charge in [-0.25, -0.2) is 14.2 Å². The Balaban J connectivity index is 2.28. The number of carbonyl (C=O) groups excluding carboxylic acids is 1. The third kappa shape index (κ3) is 2.50. The first-order chi connectivity index (χ1) is 11.0. The quantitative estimate of drug-likeness (QED) is 0.418. The molecule has 1 heterocycles. The highest BCUT2D eigenvalue weighted by Gasteiger charge is 2.23. The molecule has 0 spiro atoms. The number of ether oxygens (including phenoxy) is 1. The van der Waals surface area contributed by atoms with Gasteiger partial charge >= 0.3 is 5.97 Å². The number of oxazole rings is 1. The molecule has 116 valence electrons. The summed E-state index contributed by atoms with van der Waals surface area (Å²) in [6.45, 7) is 0. The fourth-order valence-electron chi connectivity index (χ4n) is 2.13. The number of rotatable bonds is 3. The van der Waals surface area contributed by atoms with Gasteiger partial charge in [-0.05, 0) is 12.1 Å². The standard InChI is InChI=1S/C15H9FN2O5/c1-22-15(19)10-6-8(18(20)21)7-12-13(10)23-14(17-12)9-4-2-3-5-11(9)16/h2-7H,1H3. The molecule has 1 aromatic heterocycles. The molecule has 0 aliphatic heterocycles. The van der Waals surface area contributed by atoms with E-state index in [-0.39, 0.29) is 33.8 Å². The lowest BCUT2D eigenvalue weighted by atomic mass is 10.1. The Morgan fingerprint density at radius 1 is 1.35 bits per heavy atom. The van der Waals surface area contributed by atoms with Crippen molar-refractivity contribution in [3.63, 3.8) is 0 Å². The molecule has 23 heavy (non-hydrogen) atoms. The molecule has 0 bridgehead atoms. The molecule has 0 N–H and O–H groups in total. The molecule has 0 atom stereocenters. The van der Waals surface area contributed by atoms with E-state index >= 15 is 0 Å². The van der Waals surface area contributed by atoms with Gasteiger partial charge in [-0.3, -0.25) is 10.1 Å². The van der Waals surface area contributed by atoms with Crippen LogP contribution in [0.15, 0.2) is 40.8 Å². The summed E-state index contributed by atoms with van der Waals surface area (Å²) in [5.74, 6) is -1.45. The molecule has 7 nitrogen and oxygen atoms in total. The van der Waals surface area contributed by atoms with Crippen molar-refractivity contribution >= 4 is 22.8 Å². The monoisotopic (exact) mass is 316 g/mol. The van der Waals surface area contributed by atoms with E-state index in [9.17, 15) is 19.3 Å². The van der Waals surface area contributed by atoms with Crippen LogP contribution in [0.5, 0.6) is 0 Å². The lowest BCUT2D eigenvalue weighted by Crippen LogP contribution is -2.02. The summed E-state index contributed by atoms with van der Waals surface area (Å²) in [5.41, 5.74) is -0.334. The Morgan fingerprint density at radius 2 is 2.09 bits per heavy atom. The van der Waals surface area contributed by atoms with E-state index in [0.29, 0.717) is 0 Å². The van der Waals surface area contributed by atoms with Crippen LogP contribution in [0.3, 0.4) is 0 Å². The van der Waals surface area contributed by atoms with Crippen molar-refractivity contribution in [3.05, 3.63) is 57.9 Å². The first-order valence-electron chi connectivity index (χ1n) is 6.43. The SMILES string of the molecule is COC(=O)c1cc([N+](=O)[O-])cc2nc(-c3ccccc3F)oc12. The third-order valence-corrected chi connectivity index (χ3v) is 3.20. The van der Waals surface area contributed by atoms with Crippen LogP contribution in [0, 0.1) is 15.9 Å². The van der Waals surface area contributed by atoms with Crippen molar-refractivity contribution in [2.45, 2.75) is 0 Å². The number of nitro groups is 1. The fraction of sp³-hybridized carbons (Fsp3) is 0.0667. The normalized spacial score (nSPS) is 10.7. The molecule has 2 aromatic carbocycles. The smallest absolute Gasteiger partial charge is 0.342 e. The van der Waals surface area contributed by atoms with Gasteiger partial charge in [0.25, 0.3) is 5.69 Å². The summed E-state index contributed by atoms with van der Waals surface area (Å²) < 4.78 is 23.9. The van der Waals surface area contributed by atoms with Gasteiger partial charge in [0.15, 0.2) is 5.58 Å². The maximum absolute atomic E-state index is 13.8. The molecule has 8 heteroatoms. The highest BCUT2D eigenvalue weighted by atomic mass is 19.1. The van der Waals surface area contributed by atoms with Gasteiger partial charge in [-0.1, -0.05) is 12.1 Å². The Labute approximate surface area is 128 Å². The Kier molecular flexibility index (Phi) is 3.49. The van der Waals surface area contributed by atoms with E-state index in [1.165, 1.54) is 18.2 Å². The minimum Gasteiger partial charge on any atom is -0.465 e. The molecule has 0 amide bonds. The number of nitrogens with zero attached hydrogens (tertiary/aromatic N) is 2. The second kappa shape index (κ2) is 5.48. The van der Waals surface area contributed by atoms with Crippen molar-refractivity contribution in [3.8, 4) is 11.5 Å².